The molecule has 0 aliphatic heterocycles. The molecule has 0 saturated carbocycles. The number of hydrogen-bond donors (Lipinski definition) is 0. The molecule has 0 amide bonds. The third kappa shape index (κ3) is 2.81. The summed E-state index contributed by atoms with van der Waals surface area (Å²) in [7, 11) is 1.87. The quantitative estimate of drug-likeness (QED) is 0.490. The second kappa shape index (κ2) is 6.82. The van der Waals surface area contributed by atoms with E-state index >= 15 is 0 Å². The van der Waals surface area contributed by atoms with E-state index < -0.39 is 0 Å². The summed E-state index contributed by atoms with van der Waals surface area (Å²) >= 11 is 1.64. The summed E-state index contributed by atoms with van der Waals surface area (Å²) in [6.07, 6.45) is 4.00. The first kappa shape index (κ1) is 18.3. The van der Waals surface area contributed by atoms with Gasteiger partial charge < -0.3 is 0 Å². The van der Waals surface area contributed by atoms with Crippen LogP contribution in [0, 0.1) is 0 Å². The maximum absolute atomic E-state index is 13.7. The predicted molar refractivity (Wildman–Crippen MR) is 111 cm³/mol. The fraction of sp³-hybridized carbons (Fsp3) is 0.476. The van der Waals surface area contributed by atoms with E-state index in [4.69, 9.17) is 4.98 Å². The molecule has 1 aromatic carbocycles. The fourth-order valence-corrected chi connectivity index (χ4v) is 5.06. The Balaban J connectivity index is 2.01. The van der Waals surface area contributed by atoms with Crippen molar-refractivity contribution in [2.75, 3.05) is 5.75 Å². The number of rotatable bonds is 5. The van der Waals surface area contributed by atoms with Crippen LogP contribution in [0.15, 0.2) is 34.2 Å². The molecular weight excluding hydrogens is 356 g/mol. The summed E-state index contributed by atoms with van der Waals surface area (Å²) in [6.45, 7) is 6.52. The predicted octanol–water partition coefficient (Wildman–Crippen LogP) is 4.21. The lowest BCUT2D eigenvalue weighted by Gasteiger charge is -2.34. The van der Waals surface area contributed by atoms with Crippen LogP contribution in [0.1, 0.15) is 51.2 Å². The van der Waals surface area contributed by atoms with E-state index in [-0.39, 0.29) is 11.0 Å². The number of fused-ring (bicyclic) bond motifs is 4. The average molecular weight is 383 g/mol. The number of thioether (sulfide) groups is 1. The second-order valence-corrected chi connectivity index (χ2v) is 8.69. The monoisotopic (exact) mass is 382 g/mol. The highest BCUT2D eigenvalue weighted by molar-refractivity contribution is 7.99. The first-order chi connectivity index (χ1) is 13.0. The van der Waals surface area contributed by atoms with Crippen LogP contribution in [0.2, 0.25) is 0 Å². The van der Waals surface area contributed by atoms with Crippen molar-refractivity contribution < 1.29 is 0 Å². The van der Waals surface area contributed by atoms with Gasteiger partial charge in [0.05, 0.1) is 11.3 Å². The summed E-state index contributed by atoms with van der Waals surface area (Å²) in [5.74, 6) is 1.58. The lowest BCUT2D eigenvalue weighted by Crippen LogP contribution is -2.37. The Morgan fingerprint density at radius 1 is 1.26 bits per heavy atom. The molecule has 0 bridgehead atoms. The van der Waals surface area contributed by atoms with E-state index in [1.54, 1.807) is 20.8 Å². The number of aryl methyl sites for hydroxylation is 1. The van der Waals surface area contributed by atoms with Crippen molar-refractivity contribution in [2.24, 2.45) is 7.05 Å². The van der Waals surface area contributed by atoms with Crippen molar-refractivity contribution in [3.05, 3.63) is 45.7 Å². The van der Waals surface area contributed by atoms with Crippen LogP contribution in [0.4, 0.5) is 0 Å². The van der Waals surface area contributed by atoms with Crippen molar-refractivity contribution in [1.29, 1.82) is 0 Å². The number of aromatic nitrogens is 4. The molecule has 0 unspecified atom stereocenters. The molecule has 4 rings (SSSR count). The Morgan fingerprint density at radius 2 is 2.04 bits per heavy atom. The van der Waals surface area contributed by atoms with Crippen LogP contribution in [0.3, 0.4) is 0 Å². The zero-order chi connectivity index (χ0) is 19.2. The molecule has 5 nitrogen and oxygen atoms in total. The smallest absolute Gasteiger partial charge is 0.265 e. The SMILES string of the molecule is CCCCSc1nn(C)c2nc3c(c(=O)n12)[C@](C)(CC)Cc1ccccc1-3. The van der Waals surface area contributed by atoms with Gasteiger partial charge in [0.2, 0.25) is 5.78 Å². The fourth-order valence-electron chi connectivity index (χ4n) is 3.97. The molecule has 0 spiro atoms. The minimum atomic E-state index is -0.212. The van der Waals surface area contributed by atoms with Crippen LogP contribution >= 0.6 is 11.8 Å². The van der Waals surface area contributed by atoms with Crippen LogP contribution in [0.25, 0.3) is 17.0 Å². The molecule has 0 saturated heterocycles. The maximum Gasteiger partial charge on any atom is 0.265 e. The molecule has 2 heterocycles. The highest BCUT2D eigenvalue weighted by Crippen LogP contribution is 2.42. The minimum absolute atomic E-state index is 0.0425. The molecule has 6 heteroatoms. The van der Waals surface area contributed by atoms with Crippen LogP contribution in [0.5, 0.6) is 0 Å². The number of unbranched alkanes of at least 4 members (excludes halogenated alkanes) is 1. The summed E-state index contributed by atoms with van der Waals surface area (Å²) in [4.78, 5) is 18.6. The van der Waals surface area contributed by atoms with Gasteiger partial charge in [-0.15, -0.1) is 5.10 Å². The van der Waals surface area contributed by atoms with E-state index in [9.17, 15) is 4.79 Å². The van der Waals surface area contributed by atoms with Gasteiger partial charge in [-0.3, -0.25) is 4.79 Å². The normalized spacial score (nSPS) is 18.5. The zero-order valence-electron chi connectivity index (χ0n) is 16.5. The van der Waals surface area contributed by atoms with E-state index in [2.05, 4.69) is 44.1 Å². The standard InChI is InChI=1S/C21H26N4OS/c1-5-7-12-27-20-23-24(4)19-22-17-15-11-9-8-10-14(15)13-21(3,6-2)16(17)18(26)25(19)20/h8-11H,5-7,12-13H2,1-4H3/t21-/m1/s1. The Labute approximate surface area is 163 Å². The number of hydrogen-bond acceptors (Lipinski definition) is 4. The van der Waals surface area contributed by atoms with E-state index in [0.29, 0.717) is 5.78 Å². The van der Waals surface area contributed by atoms with Gasteiger partial charge in [-0.1, -0.05) is 63.2 Å². The highest BCUT2D eigenvalue weighted by atomic mass is 32.2. The Bertz CT molecular complexity index is 1070. The minimum Gasteiger partial charge on any atom is -0.268 e. The molecule has 0 radical (unpaired) electrons. The summed E-state index contributed by atoms with van der Waals surface area (Å²) in [6, 6.07) is 8.33. The molecule has 3 aromatic rings. The van der Waals surface area contributed by atoms with Crippen molar-refractivity contribution in [2.45, 2.75) is 57.0 Å². The topological polar surface area (TPSA) is 52.2 Å². The third-order valence-electron chi connectivity index (χ3n) is 5.75. The Kier molecular flexibility index (Phi) is 4.62. The van der Waals surface area contributed by atoms with Gasteiger partial charge in [-0.2, -0.15) is 0 Å². The van der Waals surface area contributed by atoms with Gasteiger partial charge in [0.1, 0.15) is 0 Å². The molecule has 1 aliphatic carbocycles. The van der Waals surface area contributed by atoms with Crippen molar-refractivity contribution in [3.63, 3.8) is 0 Å². The third-order valence-corrected chi connectivity index (χ3v) is 6.76. The van der Waals surface area contributed by atoms with Gasteiger partial charge >= 0.3 is 0 Å². The second-order valence-electron chi connectivity index (χ2n) is 7.63. The van der Waals surface area contributed by atoms with Gasteiger partial charge in [0.25, 0.3) is 5.56 Å². The molecular formula is C21H26N4OS. The van der Waals surface area contributed by atoms with E-state index in [0.717, 1.165) is 53.4 Å². The number of benzene rings is 1. The van der Waals surface area contributed by atoms with Crippen molar-refractivity contribution in [1.82, 2.24) is 19.2 Å². The Hall–Kier alpha value is -2.08. The number of nitrogens with zero attached hydrogens (tertiary/aromatic N) is 4. The van der Waals surface area contributed by atoms with Gasteiger partial charge in [-0.05, 0) is 24.8 Å². The highest BCUT2D eigenvalue weighted by Gasteiger charge is 2.38. The van der Waals surface area contributed by atoms with Crippen molar-refractivity contribution in [3.8, 4) is 11.3 Å². The summed E-state index contributed by atoms with van der Waals surface area (Å²) < 4.78 is 3.46. The van der Waals surface area contributed by atoms with Crippen LogP contribution < -0.4 is 5.56 Å². The molecule has 1 aliphatic rings. The zero-order valence-corrected chi connectivity index (χ0v) is 17.3. The summed E-state index contributed by atoms with van der Waals surface area (Å²) in [5.41, 5.74) is 3.85. The molecule has 1 atom stereocenters. The van der Waals surface area contributed by atoms with E-state index in [1.165, 1.54) is 5.56 Å². The molecule has 0 fully saturated rings. The largest absolute Gasteiger partial charge is 0.268 e. The lowest BCUT2D eigenvalue weighted by atomic mass is 9.69. The summed E-state index contributed by atoms with van der Waals surface area (Å²) in [5, 5.41) is 5.35. The first-order valence-corrected chi connectivity index (χ1v) is 10.7. The van der Waals surface area contributed by atoms with Crippen molar-refractivity contribution >= 4 is 17.5 Å². The van der Waals surface area contributed by atoms with E-state index in [1.807, 2.05) is 13.1 Å². The van der Waals surface area contributed by atoms with Gasteiger partial charge in [0.15, 0.2) is 5.16 Å². The molecule has 0 N–H and O–H groups in total. The molecule has 2 aromatic heterocycles. The first-order valence-electron chi connectivity index (χ1n) is 9.71. The lowest BCUT2D eigenvalue weighted by molar-refractivity contribution is 0.439. The van der Waals surface area contributed by atoms with Gasteiger partial charge in [-0.25, -0.2) is 14.1 Å². The maximum atomic E-state index is 13.7. The van der Waals surface area contributed by atoms with Crippen LogP contribution in [-0.4, -0.2) is 24.9 Å². The van der Waals surface area contributed by atoms with Crippen LogP contribution in [-0.2, 0) is 18.9 Å². The average Bonchev–Trinajstić information content (AvgIpc) is 2.98. The molecule has 27 heavy (non-hydrogen) atoms. The molecule has 142 valence electrons. The Morgan fingerprint density at radius 3 is 2.78 bits per heavy atom. The van der Waals surface area contributed by atoms with Gasteiger partial charge in [0, 0.05) is 23.8 Å².